The summed E-state index contributed by atoms with van der Waals surface area (Å²) >= 11 is 0. The Kier molecular flexibility index (Phi) is 3.19. The van der Waals surface area contributed by atoms with Crippen molar-refractivity contribution in [3.63, 3.8) is 0 Å². The van der Waals surface area contributed by atoms with Gasteiger partial charge in [0.1, 0.15) is 0 Å². The number of likely N-dealkylation sites (tertiary alicyclic amines) is 1. The Labute approximate surface area is 125 Å². The predicted molar refractivity (Wildman–Crippen MR) is 83.2 cm³/mol. The van der Waals surface area contributed by atoms with Crippen LogP contribution in [-0.2, 0) is 0 Å². The summed E-state index contributed by atoms with van der Waals surface area (Å²) in [5, 5.41) is 3.67. The van der Waals surface area contributed by atoms with Gasteiger partial charge in [0.15, 0.2) is 12.2 Å². The molecule has 1 aliphatic heterocycles. The fraction of sp³-hybridized carbons (Fsp3) is 0.471. The molecule has 2 heterocycles. The van der Waals surface area contributed by atoms with Gasteiger partial charge in [0, 0.05) is 35.9 Å². The van der Waals surface area contributed by atoms with Crippen molar-refractivity contribution >= 4 is 5.69 Å². The molecule has 4 nitrogen and oxygen atoms in total. The van der Waals surface area contributed by atoms with Gasteiger partial charge >= 0.3 is 0 Å². The average Bonchev–Trinajstić information content (AvgIpc) is 3.05. The smallest absolute Gasteiger partial charge is 0.181 e. The molecule has 1 aromatic heterocycles. The summed E-state index contributed by atoms with van der Waals surface area (Å²) in [5.74, 6) is 0.816. The summed E-state index contributed by atoms with van der Waals surface area (Å²) in [4.78, 5) is 6.62. The first-order valence-electron chi connectivity index (χ1n) is 7.81. The summed E-state index contributed by atoms with van der Waals surface area (Å²) in [6.45, 7) is 3.53. The van der Waals surface area contributed by atoms with E-state index in [0.717, 1.165) is 17.4 Å². The van der Waals surface area contributed by atoms with E-state index in [9.17, 15) is 0 Å². The van der Waals surface area contributed by atoms with Crippen LogP contribution in [0.4, 0.5) is 5.69 Å². The number of nitrogens with one attached hydrogen (secondary N) is 1. The summed E-state index contributed by atoms with van der Waals surface area (Å²) in [6, 6.07) is 10.6. The molecule has 1 aromatic carbocycles. The molecule has 1 N–H and O–H groups in total. The van der Waals surface area contributed by atoms with Crippen molar-refractivity contribution in [1.29, 1.82) is 0 Å². The maximum atomic E-state index is 5.32. The van der Waals surface area contributed by atoms with Crippen LogP contribution < -0.4 is 5.32 Å². The van der Waals surface area contributed by atoms with Crippen molar-refractivity contribution in [2.24, 2.45) is 0 Å². The van der Waals surface area contributed by atoms with E-state index >= 15 is 0 Å². The minimum absolute atomic E-state index is 0.566. The Bertz CT molecular complexity index is 589. The number of anilines is 1. The van der Waals surface area contributed by atoms with Crippen LogP contribution in [0.25, 0.3) is 11.3 Å². The van der Waals surface area contributed by atoms with Gasteiger partial charge in [0.05, 0.1) is 6.20 Å². The van der Waals surface area contributed by atoms with E-state index < -0.39 is 0 Å². The molecule has 21 heavy (non-hydrogen) atoms. The van der Waals surface area contributed by atoms with Crippen molar-refractivity contribution in [2.45, 2.75) is 44.3 Å². The normalized spacial score (nSPS) is 26.1. The van der Waals surface area contributed by atoms with Gasteiger partial charge in [-0.1, -0.05) is 0 Å². The molecular weight excluding hydrogens is 262 g/mol. The quantitative estimate of drug-likeness (QED) is 0.934. The van der Waals surface area contributed by atoms with Crippen molar-refractivity contribution in [3.8, 4) is 11.3 Å². The highest BCUT2D eigenvalue weighted by molar-refractivity contribution is 5.60. The Morgan fingerprint density at radius 1 is 1.24 bits per heavy atom. The van der Waals surface area contributed by atoms with E-state index in [0.29, 0.717) is 12.1 Å². The van der Waals surface area contributed by atoms with Gasteiger partial charge in [-0.25, -0.2) is 4.98 Å². The number of oxazole rings is 1. The van der Waals surface area contributed by atoms with E-state index in [1.165, 1.54) is 37.9 Å². The molecule has 0 spiro atoms. The first-order valence-corrected chi connectivity index (χ1v) is 7.81. The molecule has 0 bridgehead atoms. The topological polar surface area (TPSA) is 41.3 Å². The Morgan fingerprint density at radius 3 is 2.71 bits per heavy atom. The minimum Gasteiger partial charge on any atom is -0.444 e. The van der Waals surface area contributed by atoms with Crippen molar-refractivity contribution in [2.75, 3.05) is 11.9 Å². The van der Waals surface area contributed by atoms with Crippen molar-refractivity contribution in [1.82, 2.24) is 9.88 Å². The van der Waals surface area contributed by atoms with Gasteiger partial charge in [-0.2, -0.15) is 0 Å². The van der Waals surface area contributed by atoms with Crippen LogP contribution in [0.2, 0.25) is 0 Å². The second kappa shape index (κ2) is 5.19. The third kappa shape index (κ3) is 2.68. The Balaban J connectivity index is 1.41. The Morgan fingerprint density at radius 2 is 2.05 bits per heavy atom. The molecule has 1 saturated heterocycles. The predicted octanol–water partition coefficient (Wildman–Crippen LogP) is 3.38. The lowest BCUT2D eigenvalue weighted by molar-refractivity contribution is 0.257. The first-order chi connectivity index (χ1) is 10.3. The third-order valence-corrected chi connectivity index (χ3v) is 4.61. The molecule has 2 atom stereocenters. The average molecular weight is 283 g/mol. The number of nitrogens with zero attached hydrogens (tertiary/aromatic N) is 2. The second-order valence-electron chi connectivity index (χ2n) is 6.30. The highest BCUT2D eigenvalue weighted by Gasteiger charge is 2.38. The van der Waals surface area contributed by atoms with Crippen molar-refractivity contribution in [3.05, 3.63) is 36.9 Å². The fourth-order valence-corrected chi connectivity index (χ4v) is 3.40. The van der Waals surface area contributed by atoms with Gasteiger partial charge in [0.25, 0.3) is 0 Å². The van der Waals surface area contributed by atoms with Gasteiger partial charge in [0.2, 0.25) is 0 Å². The van der Waals surface area contributed by atoms with Crippen LogP contribution in [0.5, 0.6) is 0 Å². The zero-order valence-corrected chi connectivity index (χ0v) is 12.3. The number of rotatable bonds is 4. The molecule has 2 aliphatic rings. The lowest BCUT2D eigenvalue weighted by atomic mass is 10.1. The molecule has 110 valence electrons. The summed E-state index contributed by atoms with van der Waals surface area (Å²) in [5.41, 5.74) is 2.26. The molecule has 4 rings (SSSR count). The molecule has 2 unspecified atom stereocenters. The van der Waals surface area contributed by atoms with E-state index in [1.807, 2.05) is 0 Å². The third-order valence-electron chi connectivity index (χ3n) is 4.61. The minimum atomic E-state index is 0.566. The summed E-state index contributed by atoms with van der Waals surface area (Å²) in [7, 11) is 0. The van der Waals surface area contributed by atoms with E-state index in [4.69, 9.17) is 4.42 Å². The number of hydrogen-bond donors (Lipinski definition) is 1. The second-order valence-corrected chi connectivity index (χ2v) is 6.30. The lowest BCUT2D eigenvalue weighted by Gasteiger charge is -2.20. The zero-order chi connectivity index (χ0) is 14.2. The molecule has 2 aromatic rings. The van der Waals surface area contributed by atoms with Gasteiger partial charge in [-0.15, -0.1) is 0 Å². The number of hydrogen-bond acceptors (Lipinski definition) is 4. The number of aromatic nitrogens is 1. The molecule has 0 radical (unpaired) electrons. The molecule has 2 fully saturated rings. The number of benzene rings is 1. The van der Waals surface area contributed by atoms with Crippen LogP contribution in [0.1, 0.15) is 26.2 Å². The van der Waals surface area contributed by atoms with E-state index in [-0.39, 0.29) is 0 Å². The maximum Gasteiger partial charge on any atom is 0.181 e. The Hall–Kier alpha value is -1.81. The van der Waals surface area contributed by atoms with Crippen LogP contribution in [-0.4, -0.2) is 34.6 Å². The van der Waals surface area contributed by atoms with Crippen LogP contribution >= 0.6 is 0 Å². The van der Waals surface area contributed by atoms with Crippen LogP contribution in [0, 0.1) is 0 Å². The van der Waals surface area contributed by atoms with Gasteiger partial charge in [-0.3, -0.25) is 4.90 Å². The first kappa shape index (κ1) is 12.9. The lowest BCUT2D eigenvalue weighted by Crippen LogP contribution is -2.30. The monoisotopic (exact) mass is 283 g/mol. The standard InChI is InChI=1S/C17H21N3O/c1-12-8-15(10-20(12)16-6-7-16)19-14-4-2-13(3-5-14)17-9-18-11-21-17/h2-5,9,11-12,15-16,19H,6-8,10H2,1H3. The van der Waals surface area contributed by atoms with Crippen LogP contribution in [0.3, 0.4) is 0 Å². The molecular formula is C17H21N3O. The van der Waals surface area contributed by atoms with Gasteiger partial charge < -0.3 is 9.73 Å². The molecule has 1 saturated carbocycles. The van der Waals surface area contributed by atoms with Gasteiger partial charge in [-0.05, 0) is 50.5 Å². The highest BCUT2D eigenvalue weighted by Crippen LogP contribution is 2.34. The van der Waals surface area contributed by atoms with Crippen LogP contribution in [0.15, 0.2) is 41.3 Å². The maximum absolute atomic E-state index is 5.32. The van der Waals surface area contributed by atoms with Crippen molar-refractivity contribution < 1.29 is 4.42 Å². The van der Waals surface area contributed by atoms with E-state index in [1.54, 1.807) is 6.20 Å². The zero-order valence-electron chi connectivity index (χ0n) is 12.3. The fourth-order valence-electron chi connectivity index (χ4n) is 3.40. The highest BCUT2D eigenvalue weighted by atomic mass is 16.3. The van der Waals surface area contributed by atoms with E-state index in [2.05, 4.69) is 46.4 Å². The summed E-state index contributed by atoms with van der Waals surface area (Å²) < 4.78 is 5.32. The SMILES string of the molecule is CC1CC(Nc2ccc(-c3cnco3)cc2)CN1C1CC1. The summed E-state index contributed by atoms with van der Waals surface area (Å²) in [6.07, 6.45) is 7.23. The molecule has 4 heteroatoms. The molecule has 0 amide bonds. The largest absolute Gasteiger partial charge is 0.444 e. The molecule has 1 aliphatic carbocycles.